The summed E-state index contributed by atoms with van der Waals surface area (Å²) in [7, 11) is 0. The van der Waals surface area contributed by atoms with E-state index in [9.17, 15) is 4.79 Å². The number of hydrogen-bond donors (Lipinski definition) is 1. The molecule has 0 saturated carbocycles. The molecular weight excluding hydrogens is 278 g/mol. The molecule has 1 N–H and O–H groups in total. The lowest BCUT2D eigenvalue weighted by atomic mass is 10.1. The first-order chi connectivity index (χ1) is 9.53. The molecule has 0 aliphatic heterocycles. The Morgan fingerprint density at radius 1 is 1.25 bits per heavy atom. The number of carbonyl (C=O) groups excluding carboxylic acids is 1. The Morgan fingerprint density at radius 2 is 1.90 bits per heavy atom. The zero-order chi connectivity index (χ0) is 15.1. The van der Waals surface area contributed by atoms with E-state index in [1.54, 1.807) is 12.1 Å². The molecule has 1 amide bonds. The molecule has 0 aromatic heterocycles. The molecule has 0 aliphatic rings. The first-order valence-electron chi connectivity index (χ1n) is 6.93. The Morgan fingerprint density at radius 3 is 2.45 bits per heavy atom. The van der Waals surface area contributed by atoms with E-state index in [4.69, 9.17) is 21.1 Å². The van der Waals surface area contributed by atoms with Gasteiger partial charge in [0, 0.05) is 17.7 Å². The van der Waals surface area contributed by atoms with E-state index in [1.165, 1.54) is 0 Å². The summed E-state index contributed by atoms with van der Waals surface area (Å²) >= 11 is 6.19. The van der Waals surface area contributed by atoms with Gasteiger partial charge in [-0.3, -0.25) is 4.79 Å². The molecule has 20 heavy (non-hydrogen) atoms. The molecule has 0 saturated heterocycles. The maximum Gasteiger partial charge on any atom is 0.227 e. The third-order valence-corrected chi connectivity index (χ3v) is 3.21. The van der Waals surface area contributed by atoms with E-state index in [-0.39, 0.29) is 11.8 Å². The van der Waals surface area contributed by atoms with Crippen LogP contribution in [0.5, 0.6) is 11.5 Å². The molecule has 0 spiro atoms. The average molecular weight is 300 g/mol. The highest BCUT2D eigenvalue weighted by atomic mass is 35.5. The Bertz CT molecular complexity index is 463. The predicted octanol–water partition coefficient (Wildman–Crippen LogP) is 4.12. The molecular formula is C15H22ClNO3. The molecule has 4 nitrogen and oxygen atoms in total. The molecule has 0 radical (unpaired) electrons. The van der Waals surface area contributed by atoms with Crippen molar-refractivity contribution in [2.24, 2.45) is 5.92 Å². The van der Waals surface area contributed by atoms with E-state index in [2.05, 4.69) is 5.32 Å². The van der Waals surface area contributed by atoms with Gasteiger partial charge >= 0.3 is 0 Å². The fourth-order valence-electron chi connectivity index (χ4n) is 1.64. The summed E-state index contributed by atoms with van der Waals surface area (Å²) in [5.41, 5.74) is 0.618. The van der Waals surface area contributed by atoms with Crippen LogP contribution < -0.4 is 14.8 Å². The van der Waals surface area contributed by atoms with E-state index in [1.807, 2.05) is 27.7 Å². The minimum Gasteiger partial charge on any atom is -0.490 e. The lowest BCUT2D eigenvalue weighted by Gasteiger charge is -2.16. The number of hydrogen-bond acceptors (Lipinski definition) is 3. The first kappa shape index (κ1) is 16.6. The Hall–Kier alpha value is -1.42. The summed E-state index contributed by atoms with van der Waals surface area (Å²) in [6.45, 7) is 8.62. The molecule has 1 aromatic rings. The van der Waals surface area contributed by atoms with Gasteiger partial charge in [0.2, 0.25) is 5.91 Å². The molecule has 0 heterocycles. The second kappa shape index (κ2) is 8.00. The summed E-state index contributed by atoms with van der Waals surface area (Å²) < 4.78 is 11.0. The van der Waals surface area contributed by atoms with Crippen LogP contribution in [0.25, 0.3) is 0 Å². The summed E-state index contributed by atoms with van der Waals surface area (Å²) in [6, 6.07) is 3.41. The van der Waals surface area contributed by atoms with Crippen molar-refractivity contribution in [2.45, 2.75) is 34.1 Å². The molecule has 1 rings (SSSR count). The van der Waals surface area contributed by atoms with Gasteiger partial charge in [-0.15, -0.1) is 0 Å². The highest BCUT2D eigenvalue weighted by molar-refractivity contribution is 6.32. The summed E-state index contributed by atoms with van der Waals surface area (Å²) in [4.78, 5) is 11.9. The lowest BCUT2D eigenvalue weighted by molar-refractivity contribution is -0.119. The van der Waals surface area contributed by atoms with E-state index in [0.29, 0.717) is 35.4 Å². The van der Waals surface area contributed by atoms with Crippen LogP contribution in [0.3, 0.4) is 0 Å². The van der Waals surface area contributed by atoms with Gasteiger partial charge in [0.05, 0.1) is 18.2 Å². The summed E-state index contributed by atoms with van der Waals surface area (Å²) in [6.07, 6.45) is 0.787. The van der Waals surface area contributed by atoms with Crippen molar-refractivity contribution in [1.29, 1.82) is 0 Å². The van der Waals surface area contributed by atoms with Crippen LogP contribution in [-0.2, 0) is 4.79 Å². The Kier molecular flexibility index (Phi) is 6.65. The third-order valence-electron chi connectivity index (χ3n) is 2.93. The van der Waals surface area contributed by atoms with Gasteiger partial charge < -0.3 is 14.8 Å². The third kappa shape index (κ3) is 4.30. The molecule has 1 unspecified atom stereocenters. The van der Waals surface area contributed by atoms with Crippen molar-refractivity contribution in [2.75, 3.05) is 18.5 Å². The van der Waals surface area contributed by atoms with Gasteiger partial charge in [-0.2, -0.15) is 0 Å². The van der Waals surface area contributed by atoms with Gasteiger partial charge in [0.15, 0.2) is 11.5 Å². The molecule has 5 heteroatoms. The standard InChI is InChI=1S/C15H22ClNO3/c1-5-10(4)15(18)17-11-8-12(16)14(20-7-3)13(9-11)19-6-2/h8-10H,5-7H2,1-4H3,(H,17,18). The second-order valence-electron chi connectivity index (χ2n) is 4.45. The van der Waals surface area contributed by atoms with E-state index >= 15 is 0 Å². The van der Waals surface area contributed by atoms with Crippen molar-refractivity contribution in [3.8, 4) is 11.5 Å². The highest BCUT2D eigenvalue weighted by Gasteiger charge is 2.15. The average Bonchev–Trinajstić information content (AvgIpc) is 2.42. The number of anilines is 1. The van der Waals surface area contributed by atoms with Gasteiger partial charge in [-0.05, 0) is 26.3 Å². The molecule has 0 fully saturated rings. The lowest BCUT2D eigenvalue weighted by Crippen LogP contribution is -2.19. The van der Waals surface area contributed by atoms with Crippen LogP contribution in [0, 0.1) is 5.92 Å². The fraction of sp³-hybridized carbons (Fsp3) is 0.533. The van der Waals surface area contributed by atoms with Crippen molar-refractivity contribution in [3.05, 3.63) is 17.2 Å². The largest absolute Gasteiger partial charge is 0.490 e. The van der Waals surface area contributed by atoms with E-state index < -0.39 is 0 Å². The van der Waals surface area contributed by atoms with Crippen LogP contribution in [0.1, 0.15) is 34.1 Å². The van der Waals surface area contributed by atoms with Crippen molar-refractivity contribution < 1.29 is 14.3 Å². The smallest absolute Gasteiger partial charge is 0.227 e. The molecule has 1 atom stereocenters. The van der Waals surface area contributed by atoms with Gasteiger partial charge in [-0.25, -0.2) is 0 Å². The van der Waals surface area contributed by atoms with Gasteiger partial charge in [-0.1, -0.05) is 25.4 Å². The van der Waals surface area contributed by atoms with Crippen molar-refractivity contribution in [1.82, 2.24) is 0 Å². The van der Waals surface area contributed by atoms with Gasteiger partial charge in [0.1, 0.15) is 0 Å². The minimum absolute atomic E-state index is 0.0322. The Balaban J connectivity index is 3.01. The quantitative estimate of drug-likeness (QED) is 0.824. The number of rotatable bonds is 7. The monoisotopic (exact) mass is 299 g/mol. The number of carbonyl (C=O) groups is 1. The highest BCUT2D eigenvalue weighted by Crippen LogP contribution is 2.38. The van der Waals surface area contributed by atoms with Crippen LogP contribution in [0.2, 0.25) is 5.02 Å². The summed E-state index contributed by atoms with van der Waals surface area (Å²) in [5, 5.41) is 3.27. The van der Waals surface area contributed by atoms with Crippen molar-refractivity contribution in [3.63, 3.8) is 0 Å². The molecule has 0 bridgehead atoms. The SMILES string of the molecule is CCOc1cc(NC(=O)C(C)CC)cc(Cl)c1OCC. The van der Waals surface area contributed by atoms with E-state index in [0.717, 1.165) is 6.42 Å². The number of amides is 1. The molecule has 0 aliphatic carbocycles. The molecule has 112 valence electrons. The van der Waals surface area contributed by atoms with Crippen LogP contribution in [-0.4, -0.2) is 19.1 Å². The summed E-state index contributed by atoms with van der Waals surface area (Å²) in [5.74, 6) is 0.977. The number of halogens is 1. The second-order valence-corrected chi connectivity index (χ2v) is 4.86. The minimum atomic E-state index is -0.0455. The zero-order valence-electron chi connectivity index (χ0n) is 12.5. The van der Waals surface area contributed by atoms with Crippen LogP contribution in [0.15, 0.2) is 12.1 Å². The maximum absolute atomic E-state index is 11.9. The number of ether oxygens (including phenoxy) is 2. The van der Waals surface area contributed by atoms with Crippen LogP contribution in [0.4, 0.5) is 5.69 Å². The Labute approximate surface area is 125 Å². The van der Waals surface area contributed by atoms with Gasteiger partial charge in [0.25, 0.3) is 0 Å². The first-order valence-corrected chi connectivity index (χ1v) is 7.31. The number of benzene rings is 1. The maximum atomic E-state index is 11.9. The fourth-order valence-corrected chi connectivity index (χ4v) is 1.90. The predicted molar refractivity (Wildman–Crippen MR) is 81.9 cm³/mol. The van der Waals surface area contributed by atoms with Crippen LogP contribution >= 0.6 is 11.6 Å². The zero-order valence-corrected chi connectivity index (χ0v) is 13.2. The molecule has 1 aromatic carbocycles. The topological polar surface area (TPSA) is 47.6 Å². The normalized spacial score (nSPS) is 11.8. The van der Waals surface area contributed by atoms with Crippen molar-refractivity contribution >= 4 is 23.2 Å². The number of nitrogens with one attached hydrogen (secondary N) is 1.